The van der Waals surface area contributed by atoms with E-state index in [9.17, 15) is 14.9 Å². The number of carbonyl (C=O) groups excluding carboxylic acids is 1. The molecule has 0 bridgehead atoms. The fourth-order valence-electron chi connectivity index (χ4n) is 3.07. The maximum absolute atomic E-state index is 12.8. The highest BCUT2D eigenvalue weighted by molar-refractivity contribution is 6.30. The standard InChI is InChI=1S/C18H18ClN3O3/c19-15-5-2-4-14(11-15)17-12-20-7-8-21(17)18(23)10-13-3-1-6-16(9-13)22(24)25/h1-6,9,11,17,20H,7-8,10,12H2. The number of hydrogen-bond donors (Lipinski definition) is 1. The first-order valence-corrected chi connectivity index (χ1v) is 8.41. The van der Waals surface area contributed by atoms with Crippen molar-refractivity contribution in [1.82, 2.24) is 10.2 Å². The van der Waals surface area contributed by atoms with E-state index in [1.165, 1.54) is 12.1 Å². The zero-order chi connectivity index (χ0) is 17.8. The van der Waals surface area contributed by atoms with Gasteiger partial charge in [0.25, 0.3) is 5.69 Å². The second-order valence-corrected chi connectivity index (χ2v) is 6.40. The minimum Gasteiger partial charge on any atom is -0.333 e. The summed E-state index contributed by atoms with van der Waals surface area (Å²) in [6, 6.07) is 13.6. The lowest BCUT2D eigenvalue weighted by atomic mass is 10.0. The van der Waals surface area contributed by atoms with E-state index in [0.717, 1.165) is 12.1 Å². The van der Waals surface area contributed by atoms with Crippen LogP contribution in [0, 0.1) is 10.1 Å². The SMILES string of the molecule is O=C(Cc1cccc([N+](=O)[O-])c1)N1CCNCC1c1cccc(Cl)c1. The van der Waals surface area contributed by atoms with E-state index in [0.29, 0.717) is 23.7 Å². The van der Waals surface area contributed by atoms with Crippen LogP contribution >= 0.6 is 11.6 Å². The Bertz CT molecular complexity index is 797. The van der Waals surface area contributed by atoms with Gasteiger partial charge in [0.2, 0.25) is 5.91 Å². The van der Waals surface area contributed by atoms with E-state index >= 15 is 0 Å². The summed E-state index contributed by atoms with van der Waals surface area (Å²) in [5.41, 5.74) is 1.62. The van der Waals surface area contributed by atoms with Crippen LogP contribution < -0.4 is 5.32 Å². The van der Waals surface area contributed by atoms with Gasteiger partial charge in [0.05, 0.1) is 17.4 Å². The van der Waals surface area contributed by atoms with Crippen molar-refractivity contribution in [2.45, 2.75) is 12.5 Å². The zero-order valence-electron chi connectivity index (χ0n) is 13.5. The monoisotopic (exact) mass is 359 g/mol. The molecular formula is C18H18ClN3O3. The molecule has 1 saturated heterocycles. The molecule has 0 aliphatic carbocycles. The summed E-state index contributed by atoms with van der Waals surface area (Å²) in [6.07, 6.45) is 0.138. The molecule has 1 aliphatic heterocycles. The van der Waals surface area contributed by atoms with Crippen molar-refractivity contribution >= 4 is 23.2 Å². The molecule has 1 atom stereocenters. The average Bonchev–Trinajstić information content (AvgIpc) is 2.62. The predicted molar refractivity (Wildman–Crippen MR) is 95.6 cm³/mol. The molecule has 1 aliphatic rings. The summed E-state index contributed by atoms with van der Waals surface area (Å²) < 4.78 is 0. The minimum atomic E-state index is -0.451. The number of non-ortho nitro benzene ring substituents is 1. The molecule has 7 heteroatoms. The topological polar surface area (TPSA) is 75.5 Å². The molecule has 0 saturated carbocycles. The lowest BCUT2D eigenvalue weighted by Crippen LogP contribution is -2.49. The molecule has 1 amide bonds. The summed E-state index contributed by atoms with van der Waals surface area (Å²) in [4.78, 5) is 25.1. The van der Waals surface area contributed by atoms with Gasteiger partial charge in [0, 0.05) is 36.8 Å². The van der Waals surface area contributed by atoms with Crippen molar-refractivity contribution in [2.24, 2.45) is 0 Å². The summed E-state index contributed by atoms with van der Waals surface area (Å²) in [6.45, 7) is 1.96. The molecule has 2 aromatic rings. The minimum absolute atomic E-state index is 0.00278. The van der Waals surface area contributed by atoms with Gasteiger partial charge >= 0.3 is 0 Å². The molecule has 130 valence electrons. The first kappa shape index (κ1) is 17.4. The Morgan fingerprint density at radius 1 is 1.28 bits per heavy atom. The molecule has 1 fully saturated rings. The summed E-state index contributed by atoms with van der Waals surface area (Å²) in [5.74, 6) is -0.0491. The number of carbonyl (C=O) groups is 1. The van der Waals surface area contributed by atoms with Crippen LogP contribution in [0.15, 0.2) is 48.5 Å². The Kier molecular flexibility index (Phi) is 5.31. The van der Waals surface area contributed by atoms with Gasteiger partial charge in [-0.25, -0.2) is 0 Å². The predicted octanol–water partition coefficient (Wildman–Crippen LogP) is 2.96. The zero-order valence-corrected chi connectivity index (χ0v) is 14.3. The summed E-state index contributed by atoms with van der Waals surface area (Å²) in [7, 11) is 0. The molecule has 3 rings (SSSR count). The van der Waals surface area contributed by atoms with Crippen LogP contribution in [0.2, 0.25) is 5.02 Å². The van der Waals surface area contributed by atoms with Crippen molar-refractivity contribution in [3.05, 3.63) is 74.8 Å². The fourth-order valence-corrected chi connectivity index (χ4v) is 3.27. The summed E-state index contributed by atoms with van der Waals surface area (Å²) in [5, 5.41) is 14.8. The first-order chi connectivity index (χ1) is 12.0. The van der Waals surface area contributed by atoms with E-state index in [2.05, 4.69) is 5.32 Å². The third-order valence-electron chi connectivity index (χ3n) is 4.27. The number of nitro groups is 1. The second-order valence-electron chi connectivity index (χ2n) is 5.97. The van der Waals surface area contributed by atoms with E-state index in [-0.39, 0.29) is 24.1 Å². The number of piperazine rings is 1. The van der Waals surface area contributed by atoms with Crippen molar-refractivity contribution in [1.29, 1.82) is 0 Å². The van der Waals surface area contributed by atoms with Crippen LogP contribution in [-0.2, 0) is 11.2 Å². The largest absolute Gasteiger partial charge is 0.333 e. The molecule has 1 N–H and O–H groups in total. The highest BCUT2D eigenvalue weighted by atomic mass is 35.5. The third-order valence-corrected chi connectivity index (χ3v) is 4.51. The van der Waals surface area contributed by atoms with E-state index in [1.54, 1.807) is 18.2 Å². The second kappa shape index (κ2) is 7.63. The van der Waals surface area contributed by atoms with Crippen LogP contribution in [0.25, 0.3) is 0 Å². The van der Waals surface area contributed by atoms with Gasteiger partial charge in [0.1, 0.15) is 0 Å². The Morgan fingerprint density at radius 2 is 2.08 bits per heavy atom. The maximum Gasteiger partial charge on any atom is 0.269 e. The van der Waals surface area contributed by atoms with Gasteiger partial charge < -0.3 is 10.2 Å². The van der Waals surface area contributed by atoms with Crippen LogP contribution in [-0.4, -0.2) is 35.4 Å². The molecule has 0 aromatic heterocycles. The van der Waals surface area contributed by atoms with Crippen LogP contribution in [0.4, 0.5) is 5.69 Å². The Labute approximate surface area is 150 Å². The van der Waals surface area contributed by atoms with Gasteiger partial charge in [-0.2, -0.15) is 0 Å². The molecule has 1 unspecified atom stereocenters. The molecule has 0 radical (unpaired) electrons. The lowest BCUT2D eigenvalue weighted by Gasteiger charge is -2.36. The molecule has 6 nitrogen and oxygen atoms in total. The third kappa shape index (κ3) is 4.15. The smallest absolute Gasteiger partial charge is 0.269 e. The first-order valence-electron chi connectivity index (χ1n) is 8.03. The molecular weight excluding hydrogens is 342 g/mol. The van der Waals surface area contributed by atoms with Gasteiger partial charge in [-0.15, -0.1) is 0 Å². The Balaban J connectivity index is 1.79. The van der Waals surface area contributed by atoms with Crippen molar-refractivity contribution in [3.8, 4) is 0 Å². The fraction of sp³-hybridized carbons (Fsp3) is 0.278. The Hall–Kier alpha value is -2.44. The molecule has 0 spiro atoms. The number of nitrogens with zero attached hydrogens (tertiary/aromatic N) is 2. The van der Waals surface area contributed by atoms with Crippen molar-refractivity contribution in [3.63, 3.8) is 0 Å². The number of nitro benzene ring substituents is 1. The molecule has 1 heterocycles. The van der Waals surface area contributed by atoms with E-state index < -0.39 is 4.92 Å². The number of nitrogens with one attached hydrogen (secondary N) is 1. The summed E-state index contributed by atoms with van der Waals surface area (Å²) >= 11 is 6.08. The molecule has 2 aromatic carbocycles. The van der Waals surface area contributed by atoms with E-state index in [4.69, 9.17) is 11.6 Å². The number of benzene rings is 2. The van der Waals surface area contributed by atoms with Gasteiger partial charge in [-0.1, -0.05) is 35.9 Å². The lowest BCUT2D eigenvalue weighted by molar-refractivity contribution is -0.384. The molecule has 25 heavy (non-hydrogen) atoms. The van der Waals surface area contributed by atoms with Crippen LogP contribution in [0.5, 0.6) is 0 Å². The van der Waals surface area contributed by atoms with Gasteiger partial charge in [-0.05, 0) is 23.3 Å². The Morgan fingerprint density at radius 3 is 2.84 bits per heavy atom. The number of amides is 1. The average molecular weight is 360 g/mol. The number of rotatable bonds is 4. The number of halogens is 1. The quantitative estimate of drug-likeness (QED) is 0.672. The van der Waals surface area contributed by atoms with Crippen molar-refractivity contribution in [2.75, 3.05) is 19.6 Å². The maximum atomic E-state index is 12.8. The number of hydrogen-bond acceptors (Lipinski definition) is 4. The van der Waals surface area contributed by atoms with E-state index in [1.807, 2.05) is 23.1 Å². The van der Waals surface area contributed by atoms with Crippen LogP contribution in [0.3, 0.4) is 0 Å². The highest BCUT2D eigenvalue weighted by Gasteiger charge is 2.28. The van der Waals surface area contributed by atoms with Crippen LogP contribution in [0.1, 0.15) is 17.2 Å². The highest BCUT2D eigenvalue weighted by Crippen LogP contribution is 2.25. The normalized spacial score (nSPS) is 17.3. The van der Waals surface area contributed by atoms with Gasteiger partial charge in [-0.3, -0.25) is 14.9 Å². The van der Waals surface area contributed by atoms with Gasteiger partial charge in [0.15, 0.2) is 0 Å². The van der Waals surface area contributed by atoms with Crippen molar-refractivity contribution < 1.29 is 9.72 Å².